The zero-order valence-electron chi connectivity index (χ0n) is 38.3. The number of guanidine groups is 1. The van der Waals surface area contributed by atoms with Gasteiger partial charge in [-0.3, -0.25) is 58.1 Å². The number of rotatable bonds is 15. The molecule has 2 fully saturated rings. The number of thioether (sulfide) groups is 1. The predicted molar refractivity (Wildman–Crippen MR) is 258 cm³/mol. The number of Topliss-reactive ketones (excluding diaryl/α,β-unsaturated/α-hetero) is 1. The van der Waals surface area contributed by atoms with E-state index in [2.05, 4.69) is 53.2 Å². The molecule has 69 heavy (non-hydrogen) atoms. The third-order valence-corrected chi connectivity index (χ3v) is 13.8. The number of fused-ring (bicyclic) bond motifs is 5. The van der Waals surface area contributed by atoms with Crippen LogP contribution in [0.3, 0.4) is 0 Å². The number of amides is 9. The number of carbonyl (C=O) groups excluding carboxylic acids is 10. The predicted octanol–water partition coefficient (Wildman–Crippen LogP) is -3.10. The number of aliphatic carboxylic acids is 1. The molecule has 7 atom stereocenters. The molecule has 2 saturated heterocycles. The first-order valence-corrected chi connectivity index (χ1v) is 25.8. The van der Waals surface area contributed by atoms with Crippen LogP contribution in [0.25, 0.3) is 0 Å². The molecule has 1 aromatic carbocycles. The quantitative estimate of drug-likeness (QED) is 0.0358. The van der Waals surface area contributed by atoms with Gasteiger partial charge in [0.05, 0.1) is 24.8 Å². The van der Waals surface area contributed by atoms with Gasteiger partial charge in [0.1, 0.15) is 36.3 Å². The molecule has 1 aromatic rings. The molecule has 0 saturated carbocycles. The summed E-state index contributed by atoms with van der Waals surface area (Å²) in [5.41, 5.74) is 6.00. The van der Waals surface area contributed by atoms with Gasteiger partial charge in [0.2, 0.25) is 53.2 Å². The van der Waals surface area contributed by atoms with Gasteiger partial charge in [-0.1, -0.05) is 58.8 Å². The molecule has 27 heteroatoms. The number of carboxylic acids is 1. The molecule has 3 rings (SSSR count). The molecule has 380 valence electrons. The van der Waals surface area contributed by atoms with Gasteiger partial charge in [-0.15, -0.1) is 11.8 Å². The van der Waals surface area contributed by atoms with Crippen molar-refractivity contribution in [3.63, 3.8) is 0 Å². The van der Waals surface area contributed by atoms with E-state index >= 15 is 0 Å². The van der Waals surface area contributed by atoms with E-state index in [1.165, 1.54) is 6.92 Å². The fourth-order valence-electron chi connectivity index (χ4n) is 6.60. The van der Waals surface area contributed by atoms with Gasteiger partial charge in [-0.25, -0.2) is 0 Å². The standard InChI is InChI=1S/C42H62N12O12S3/c1-3-32(56)45-14-8-7-12-26-37(62)53-30-20-68-69-21-31(41(66)51-27(16-24-10-5-4-6-11-24)38(63)52-29(23(2)55)19-67-22-34(58)48-26)54-39(64)28(17-35(59)60)49-33(57)18-47-36(61)25(50-40(30)65)13-9-15-46-42(43)44/h4-6,10-11,25-31H,3,7-9,12-22H2,1-2H3,(H,45,56)(H,47,61)(H,48,58)(H,49,57)(H,50,65)(H,51,66)(H,52,63)(H,53,62)(H,54,64)(H,59,60)(H4,43,44,46)/t25-,26-,27-,28-,29-,30-,31-/m0/s1. The molecule has 0 unspecified atom stereocenters. The van der Waals surface area contributed by atoms with Crippen LogP contribution in [0.4, 0.5) is 0 Å². The second-order valence-corrected chi connectivity index (χ2v) is 19.5. The number of nitrogens with two attached hydrogens (primary N) is 1. The van der Waals surface area contributed by atoms with E-state index in [9.17, 15) is 57.8 Å². The van der Waals surface area contributed by atoms with Crippen LogP contribution in [0.5, 0.6) is 0 Å². The Labute approximate surface area is 410 Å². The third-order valence-electron chi connectivity index (χ3n) is 10.3. The highest BCUT2D eigenvalue weighted by atomic mass is 33.1. The number of ketones is 1. The van der Waals surface area contributed by atoms with Crippen molar-refractivity contribution >= 4 is 104 Å². The van der Waals surface area contributed by atoms with Crippen molar-refractivity contribution in [2.24, 2.45) is 5.73 Å². The van der Waals surface area contributed by atoms with Gasteiger partial charge in [0.15, 0.2) is 11.7 Å². The Bertz CT molecular complexity index is 2020. The summed E-state index contributed by atoms with van der Waals surface area (Å²) in [5.74, 6) is -10.3. The van der Waals surface area contributed by atoms with Gasteiger partial charge in [-0.05, 0) is 44.6 Å². The van der Waals surface area contributed by atoms with Gasteiger partial charge >= 0.3 is 5.97 Å². The molecular weight excluding hydrogens is 961 g/mol. The zero-order chi connectivity index (χ0) is 50.9. The van der Waals surface area contributed by atoms with Crippen LogP contribution in [0.15, 0.2) is 30.3 Å². The lowest BCUT2D eigenvalue weighted by Gasteiger charge is -2.27. The lowest BCUT2D eigenvalue weighted by Crippen LogP contribution is -2.59. The number of carboxylic acid groups (broad SMARTS) is 1. The first kappa shape index (κ1) is 57.2. The highest BCUT2D eigenvalue weighted by molar-refractivity contribution is 8.76. The molecule has 9 amide bonds. The minimum Gasteiger partial charge on any atom is -0.481 e. The van der Waals surface area contributed by atoms with Crippen molar-refractivity contribution in [2.45, 2.75) is 108 Å². The minimum atomic E-state index is -1.76. The van der Waals surface area contributed by atoms with Crippen molar-refractivity contribution in [3.05, 3.63) is 35.9 Å². The lowest BCUT2D eigenvalue weighted by molar-refractivity contribution is -0.141. The summed E-state index contributed by atoms with van der Waals surface area (Å²) in [5, 5.41) is 42.8. The van der Waals surface area contributed by atoms with E-state index in [1.807, 2.05) is 0 Å². The Morgan fingerprint density at radius 2 is 1.25 bits per heavy atom. The molecule has 0 radical (unpaired) electrons. The monoisotopic (exact) mass is 1020 g/mol. The van der Waals surface area contributed by atoms with Crippen molar-refractivity contribution in [1.29, 1.82) is 5.41 Å². The summed E-state index contributed by atoms with van der Waals surface area (Å²) >= 11 is 0.979. The topological polar surface area (TPSA) is 378 Å². The third kappa shape index (κ3) is 21.8. The van der Waals surface area contributed by atoms with Crippen LogP contribution in [0.2, 0.25) is 0 Å². The van der Waals surface area contributed by atoms with E-state index < -0.39 is 114 Å². The molecule has 0 aromatic heterocycles. The molecule has 2 aliphatic rings. The number of hydrogen-bond acceptors (Lipinski definition) is 15. The van der Waals surface area contributed by atoms with Gasteiger partial charge < -0.3 is 64.0 Å². The smallest absolute Gasteiger partial charge is 0.305 e. The normalized spacial score (nSPS) is 24.1. The maximum absolute atomic E-state index is 14.2. The molecule has 2 aliphatic heterocycles. The molecule has 2 heterocycles. The fourth-order valence-corrected chi connectivity index (χ4v) is 9.87. The average molecular weight is 1020 g/mol. The van der Waals surface area contributed by atoms with Gasteiger partial charge in [0.25, 0.3) is 0 Å². The number of benzene rings is 1. The van der Waals surface area contributed by atoms with Gasteiger partial charge in [0, 0.05) is 43.2 Å². The number of carbonyl (C=O) groups is 11. The Kier molecular flexibility index (Phi) is 25.2. The Morgan fingerprint density at radius 3 is 1.86 bits per heavy atom. The number of hydrogen-bond donors (Lipinski definition) is 13. The van der Waals surface area contributed by atoms with Crippen LogP contribution < -0.4 is 58.9 Å². The van der Waals surface area contributed by atoms with Crippen molar-refractivity contribution in [1.82, 2.24) is 53.2 Å². The van der Waals surface area contributed by atoms with Crippen LogP contribution in [0, 0.1) is 5.41 Å². The van der Waals surface area contributed by atoms with E-state index in [0.29, 0.717) is 24.9 Å². The highest BCUT2D eigenvalue weighted by Crippen LogP contribution is 2.24. The van der Waals surface area contributed by atoms with E-state index in [4.69, 9.17) is 11.1 Å². The molecular formula is C42H62N12O12S3. The first-order valence-electron chi connectivity index (χ1n) is 22.2. The number of nitrogens with one attached hydrogen (secondary N) is 11. The van der Waals surface area contributed by atoms with E-state index in [0.717, 1.165) is 33.3 Å². The van der Waals surface area contributed by atoms with Gasteiger partial charge in [-0.2, -0.15) is 0 Å². The summed E-state index contributed by atoms with van der Waals surface area (Å²) < 4.78 is 0. The molecule has 0 aliphatic carbocycles. The molecule has 0 spiro atoms. The largest absolute Gasteiger partial charge is 0.481 e. The second-order valence-electron chi connectivity index (χ2n) is 15.9. The summed E-state index contributed by atoms with van der Waals surface area (Å²) in [6.07, 6.45) is 0.176. The first-order chi connectivity index (χ1) is 32.9. The molecule has 14 N–H and O–H groups in total. The van der Waals surface area contributed by atoms with Crippen LogP contribution in [0.1, 0.15) is 64.4 Å². The van der Waals surface area contributed by atoms with Crippen LogP contribution >= 0.6 is 33.3 Å². The van der Waals surface area contributed by atoms with Crippen molar-refractivity contribution < 1.29 is 57.8 Å². The minimum absolute atomic E-state index is 0.0605. The van der Waals surface area contributed by atoms with E-state index in [-0.39, 0.29) is 73.5 Å². The Balaban J connectivity index is 2.12. The number of unbranched alkanes of at least 4 members (excludes halogenated alkanes) is 1. The van der Waals surface area contributed by atoms with Crippen molar-refractivity contribution in [3.8, 4) is 0 Å². The van der Waals surface area contributed by atoms with Crippen LogP contribution in [-0.2, 0) is 59.2 Å². The summed E-state index contributed by atoms with van der Waals surface area (Å²) in [4.78, 5) is 147. The second kappa shape index (κ2) is 30.4. The average Bonchev–Trinajstić information content (AvgIpc) is 3.30. The Morgan fingerprint density at radius 1 is 0.681 bits per heavy atom. The van der Waals surface area contributed by atoms with Crippen molar-refractivity contribution in [2.75, 3.05) is 42.6 Å². The lowest BCUT2D eigenvalue weighted by atomic mass is 10.0. The zero-order valence-corrected chi connectivity index (χ0v) is 40.7. The Hall–Kier alpha value is -6.09. The fraction of sp³-hybridized carbons (Fsp3) is 0.571. The molecule has 24 nitrogen and oxygen atoms in total. The molecule has 2 bridgehead atoms. The highest BCUT2D eigenvalue weighted by Gasteiger charge is 2.35. The summed E-state index contributed by atoms with van der Waals surface area (Å²) in [6, 6.07) is -1.19. The van der Waals surface area contributed by atoms with Crippen LogP contribution in [-0.4, -0.2) is 161 Å². The SMILES string of the molecule is CCC(=O)NCCCC[C@@H]1NC(=O)CSC[C@@H](C(C)=O)NC(=O)[C@H](Cc2ccccc2)NC(=O)[C@@H]2CSSC[C@H](NC1=O)C(=O)N[C@@H](CCCNC(=N)N)C(=O)NCC(=O)N[C@@H](CC(=O)O)C(=O)N2. The maximum atomic E-state index is 14.2. The van der Waals surface area contributed by atoms with E-state index in [1.54, 1.807) is 37.3 Å². The summed E-state index contributed by atoms with van der Waals surface area (Å²) in [7, 11) is 1.91. The maximum Gasteiger partial charge on any atom is 0.305 e. The summed E-state index contributed by atoms with van der Waals surface area (Å²) in [6.45, 7) is 2.53.